The maximum Gasteiger partial charge on any atom is 0.410 e. The van der Waals surface area contributed by atoms with Crippen LogP contribution < -0.4 is 0 Å². The van der Waals surface area contributed by atoms with Gasteiger partial charge < -0.3 is 9.64 Å². The Morgan fingerprint density at radius 3 is 2.21 bits per heavy atom. The number of carbonyl (C=O) groups is 1. The maximum atomic E-state index is 11.9. The zero-order valence-corrected chi connectivity index (χ0v) is 13.7. The summed E-state index contributed by atoms with van der Waals surface area (Å²) in [7, 11) is 1.57. The monoisotopic (exact) mass is 313 g/mol. The highest BCUT2D eigenvalue weighted by Gasteiger charge is 2.22. The second kappa shape index (κ2) is 7.94. The van der Waals surface area contributed by atoms with Crippen LogP contribution in [0.3, 0.4) is 0 Å². The van der Waals surface area contributed by atoms with Crippen LogP contribution in [-0.4, -0.2) is 43.9 Å². The van der Waals surface area contributed by atoms with E-state index in [1.165, 1.54) is 4.90 Å². The Balaban J connectivity index is 4.52. The fourth-order valence-electron chi connectivity index (χ4n) is 1.39. The molecule has 0 fully saturated rings. The quantitative estimate of drug-likeness (QED) is 0.535. The Labute approximate surface area is 120 Å². The lowest BCUT2D eigenvalue weighted by molar-refractivity contribution is 0.0259. The van der Waals surface area contributed by atoms with E-state index in [1.807, 2.05) is 0 Å². The average Bonchev–Trinajstić information content (AvgIpc) is 2.18. The van der Waals surface area contributed by atoms with E-state index in [0.29, 0.717) is 6.54 Å². The third-order valence-corrected chi connectivity index (χ3v) is 3.42. The molecule has 0 aromatic carbocycles. The Morgan fingerprint density at radius 1 is 1.21 bits per heavy atom. The van der Waals surface area contributed by atoms with Gasteiger partial charge in [0.15, 0.2) is 0 Å². The molecule has 0 saturated heterocycles. The van der Waals surface area contributed by atoms with Gasteiger partial charge in [0, 0.05) is 23.8 Å². The summed E-state index contributed by atoms with van der Waals surface area (Å²) in [5, 5.41) is 0. The molecule has 0 heterocycles. The van der Waals surface area contributed by atoms with Crippen LogP contribution in [0.2, 0.25) is 0 Å². The minimum Gasteiger partial charge on any atom is -0.444 e. The molecule has 0 radical (unpaired) electrons. The third-order valence-electron chi connectivity index (χ3n) is 2.29. The number of hydrogen-bond donors (Lipinski definition) is 0. The second-order valence-electron chi connectivity index (χ2n) is 5.42. The van der Waals surface area contributed by atoms with E-state index in [1.54, 1.807) is 20.8 Å². The molecule has 0 bridgehead atoms. The Morgan fingerprint density at radius 2 is 1.79 bits per heavy atom. The Bertz CT molecular complexity index is 376. The van der Waals surface area contributed by atoms with Crippen molar-refractivity contribution in [2.75, 3.05) is 18.8 Å². The fourth-order valence-corrected chi connectivity index (χ4v) is 2.04. The smallest absolute Gasteiger partial charge is 0.410 e. The molecule has 0 spiro atoms. The molecule has 0 aliphatic carbocycles. The second-order valence-corrected chi connectivity index (χ2v) is 8.31. The molecular formula is C12H24ClNO4S. The summed E-state index contributed by atoms with van der Waals surface area (Å²) in [6, 6.07) is 0. The van der Waals surface area contributed by atoms with Crippen molar-refractivity contribution in [1.29, 1.82) is 0 Å². The van der Waals surface area contributed by atoms with Crippen molar-refractivity contribution in [1.82, 2.24) is 4.90 Å². The van der Waals surface area contributed by atoms with Crippen molar-refractivity contribution < 1.29 is 17.9 Å². The van der Waals surface area contributed by atoms with Crippen LogP contribution >= 0.6 is 10.7 Å². The zero-order valence-electron chi connectivity index (χ0n) is 12.1. The van der Waals surface area contributed by atoms with Gasteiger partial charge in [0.25, 0.3) is 0 Å². The third kappa shape index (κ3) is 11.1. The first-order valence-corrected chi connectivity index (χ1v) is 8.93. The van der Waals surface area contributed by atoms with E-state index in [-0.39, 0.29) is 12.3 Å². The van der Waals surface area contributed by atoms with E-state index in [0.717, 1.165) is 19.3 Å². The van der Waals surface area contributed by atoms with Crippen LogP contribution in [0.15, 0.2) is 0 Å². The van der Waals surface area contributed by atoms with Gasteiger partial charge in [-0.2, -0.15) is 0 Å². The van der Waals surface area contributed by atoms with Gasteiger partial charge in [-0.1, -0.05) is 19.8 Å². The van der Waals surface area contributed by atoms with E-state index in [4.69, 9.17) is 15.4 Å². The lowest BCUT2D eigenvalue weighted by Gasteiger charge is -2.27. The highest BCUT2D eigenvalue weighted by Crippen LogP contribution is 2.11. The van der Waals surface area contributed by atoms with Gasteiger partial charge in [-0.05, 0) is 27.2 Å². The highest BCUT2D eigenvalue weighted by atomic mass is 35.7. The lowest BCUT2D eigenvalue weighted by Crippen LogP contribution is -2.39. The summed E-state index contributed by atoms with van der Waals surface area (Å²) < 4.78 is 27.2. The maximum absolute atomic E-state index is 11.9. The van der Waals surface area contributed by atoms with Gasteiger partial charge in [-0.25, -0.2) is 13.2 Å². The van der Waals surface area contributed by atoms with Crippen molar-refractivity contribution in [2.45, 2.75) is 52.6 Å². The number of hydrogen-bond acceptors (Lipinski definition) is 4. The number of carbonyl (C=O) groups excluding carboxylic acids is 1. The van der Waals surface area contributed by atoms with E-state index in [2.05, 4.69) is 6.92 Å². The molecule has 5 nitrogen and oxygen atoms in total. The van der Waals surface area contributed by atoms with E-state index >= 15 is 0 Å². The molecule has 7 heteroatoms. The first-order valence-electron chi connectivity index (χ1n) is 6.45. The van der Waals surface area contributed by atoms with Crippen molar-refractivity contribution in [3.63, 3.8) is 0 Å². The van der Waals surface area contributed by atoms with Crippen molar-refractivity contribution in [2.24, 2.45) is 0 Å². The molecule has 114 valence electrons. The van der Waals surface area contributed by atoms with E-state index < -0.39 is 20.7 Å². The van der Waals surface area contributed by atoms with Crippen molar-refractivity contribution in [3.8, 4) is 0 Å². The largest absolute Gasteiger partial charge is 0.444 e. The molecule has 1 amide bonds. The first kappa shape index (κ1) is 18.5. The number of halogens is 1. The Hall–Kier alpha value is -0.490. The van der Waals surface area contributed by atoms with Crippen LogP contribution in [0.4, 0.5) is 4.79 Å². The molecule has 19 heavy (non-hydrogen) atoms. The van der Waals surface area contributed by atoms with Gasteiger partial charge >= 0.3 is 6.09 Å². The molecule has 0 atom stereocenters. The molecular weight excluding hydrogens is 290 g/mol. The number of rotatable bonds is 7. The van der Waals surface area contributed by atoms with Crippen LogP contribution in [0.1, 0.15) is 47.0 Å². The summed E-state index contributed by atoms with van der Waals surface area (Å²) in [5.41, 5.74) is -0.597. The number of amides is 1. The van der Waals surface area contributed by atoms with Gasteiger partial charge in [0.05, 0.1) is 5.75 Å². The van der Waals surface area contributed by atoms with Gasteiger partial charge in [0.1, 0.15) is 5.60 Å². The van der Waals surface area contributed by atoms with Gasteiger partial charge in [-0.15, -0.1) is 0 Å². The normalized spacial score (nSPS) is 12.3. The molecule has 0 aromatic heterocycles. The summed E-state index contributed by atoms with van der Waals surface area (Å²) in [4.78, 5) is 13.3. The van der Waals surface area contributed by atoms with E-state index in [9.17, 15) is 13.2 Å². The molecule has 0 aromatic rings. The van der Waals surface area contributed by atoms with Crippen molar-refractivity contribution >= 4 is 25.8 Å². The SMILES string of the molecule is CCCCCN(CCS(=O)(=O)Cl)C(=O)OC(C)(C)C. The topological polar surface area (TPSA) is 63.7 Å². The summed E-state index contributed by atoms with van der Waals surface area (Å²) in [6.45, 7) is 7.91. The Kier molecular flexibility index (Phi) is 7.74. The summed E-state index contributed by atoms with van der Waals surface area (Å²) in [6.07, 6.45) is 2.32. The summed E-state index contributed by atoms with van der Waals surface area (Å²) in [5.74, 6) is -0.264. The molecule has 0 unspecified atom stereocenters. The standard InChI is InChI=1S/C12H24ClNO4S/c1-5-6-7-8-14(9-10-19(13,16)17)11(15)18-12(2,3)4/h5-10H2,1-4H3. The molecule has 0 rings (SSSR count). The number of nitrogens with zero attached hydrogens (tertiary/aromatic N) is 1. The average molecular weight is 314 g/mol. The van der Waals surface area contributed by atoms with Gasteiger partial charge in [0.2, 0.25) is 9.05 Å². The zero-order chi connectivity index (χ0) is 15.1. The molecule has 0 aliphatic rings. The first-order chi connectivity index (χ1) is 8.55. The molecule has 0 N–H and O–H groups in total. The van der Waals surface area contributed by atoms with Crippen LogP contribution in [0.5, 0.6) is 0 Å². The predicted molar refractivity (Wildman–Crippen MR) is 77.0 cm³/mol. The minimum absolute atomic E-state index is 0.0600. The van der Waals surface area contributed by atoms with Crippen LogP contribution in [-0.2, 0) is 13.8 Å². The summed E-state index contributed by atoms with van der Waals surface area (Å²) >= 11 is 0. The van der Waals surface area contributed by atoms with Crippen LogP contribution in [0.25, 0.3) is 0 Å². The minimum atomic E-state index is -3.60. The number of ether oxygens (including phenoxy) is 1. The predicted octanol–water partition coefficient (Wildman–Crippen LogP) is 2.98. The fraction of sp³-hybridized carbons (Fsp3) is 0.917. The van der Waals surface area contributed by atoms with Gasteiger partial charge in [-0.3, -0.25) is 0 Å². The number of unbranched alkanes of at least 4 members (excludes halogenated alkanes) is 2. The lowest BCUT2D eigenvalue weighted by atomic mass is 10.2. The highest BCUT2D eigenvalue weighted by molar-refractivity contribution is 8.13. The molecule has 0 saturated carbocycles. The molecule has 0 aliphatic heterocycles. The van der Waals surface area contributed by atoms with Crippen molar-refractivity contribution in [3.05, 3.63) is 0 Å². The van der Waals surface area contributed by atoms with Crippen LogP contribution in [0, 0.1) is 0 Å².